The van der Waals surface area contributed by atoms with E-state index in [-0.39, 0.29) is 6.42 Å². The molecule has 27 heavy (non-hydrogen) atoms. The van der Waals surface area contributed by atoms with Crippen LogP contribution in [0.2, 0.25) is 0 Å². The summed E-state index contributed by atoms with van der Waals surface area (Å²) in [7, 11) is 0. The lowest BCUT2D eigenvalue weighted by atomic mass is 9.59. The van der Waals surface area contributed by atoms with E-state index in [1.54, 1.807) is 38.1 Å². The Bertz CT molecular complexity index is 676. The van der Waals surface area contributed by atoms with Gasteiger partial charge < -0.3 is 20.1 Å². The fourth-order valence-corrected chi connectivity index (χ4v) is 3.50. The molecular formula is C21H30O6. The molecule has 0 saturated heterocycles. The van der Waals surface area contributed by atoms with Gasteiger partial charge in [-0.2, -0.15) is 0 Å². The van der Waals surface area contributed by atoms with Gasteiger partial charge in [0.05, 0.1) is 6.61 Å². The molecule has 150 valence electrons. The topological polar surface area (TPSA) is 104 Å². The lowest BCUT2D eigenvalue weighted by Crippen LogP contribution is -2.63. The average molecular weight is 378 g/mol. The van der Waals surface area contributed by atoms with Gasteiger partial charge in [-0.3, -0.25) is 4.79 Å². The molecule has 0 heterocycles. The Morgan fingerprint density at radius 1 is 1.04 bits per heavy atom. The van der Waals surface area contributed by atoms with E-state index in [0.29, 0.717) is 6.61 Å². The highest BCUT2D eigenvalue weighted by Crippen LogP contribution is 2.47. The molecule has 0 saturated carbocycles. The highest BCUT2D eigenvalue weighted by Gasteiger charge is 2.63. The van der Waals surface area contributed by atoms with Crippen molar-refractivity contribution in [3.63, 3.8) is 0 Å². The summed E-state index contributed by atoms with van der Waals surface area (Å²) in [5.41, 5.74) is -3.45. The molecular weight excluding hydrogens is 348 g/mol. The Morgan fingerprint density at radius 3 is 1.96 bits per heavy atom. The van der Waals surface area contributed by atoms with E-state index < -0.39 is 34.8 Å². The number of carboxylic acids is 2. The number of carbonyl (C=O) groups is 2. The molecule has 0 aromatic heterocycles. The second-order valence-corrected chi connectivity index (χ2v) is 7.27. The van der Waals surface area contributed by atoms with Crippen LogP contribution in [0.15, 0.2) is 30.3 Å². The van der Waals surface area contributed by atoms with Gasteiger partial charge >= 0.3 is 11.9 Å². The zero-order valence-corrected chi connectivity index (χ0v) is 16.6. The van der Waals surface area contributed by atoms with Crippen LogP contribution in [-0.4, -0.2) is 39.5 Å². The van der Waals surface area contributed by atoms with Crippen LogP contribution in [0.1, 0.15) is 46.6 Å². The highest BCUT2D eigenvalue weighted by molar-refractivity contribution is 5.89. The molecule has 3 N–H and O–H groups in total. The van der Waals surface area contributed by atoms with E-state index in [4.69, 9.17) is 4.74 Å². The number of allylic oxidation sites excluding steroid dienone is 1. The molecule has 0 bridgehead atoms. The first-order valence-electron chi connectivity index (χ1n) is 9.12. The Labute approximate surface area is 160 Å². The monoisotopic (exact) mass is 378 g/mol. The van der Waals surface area contributed by atoms with Crippen LogP contribution < -0.4 is 4.74 Å². The van der Waals surface area contributed by atoms with Crippen molar-refractivity contribution in [2.75, 3.05) is 6.61 Å². The van der Waals surface area contributed by atoms with Crippen molar-refractivity contribution in [2.24, 2.45) is 17.3 Å². The van der Waals surface area contributed by atoms with E-state index in [1.807, 2.05) is 19.1 Å². The van der Waals surface area contributed by atoms with Crippen molar-refractivity contribution in [3.8, 4) is 5.75 Å². The summed E-state index contributed by atoms with van der Waals surface area (Å²) in [4.78, 5) is 24.1. The first kappa shape index (κ1) is 22.7. The molecule has 1 aromatic carbocycles. The van der Waals surface area contributed by atoms with Crippen molar-refractivity contribution in [3.05, 3.63) is 35.9 Å². The molecule has 1 rings (SSSR count). The van der Waals surface area contributed by atoms with Crippen LogP contribution in [0, 0.1) is 17.3 Å². The van der Waals surface area contributed by atoms with Gasteiger partial charge in [-0.05, 0) is 42.9 Å². The third-order valence-electron chi connectivity index (χ3n) is 5.15. The lowest BCUT2D eigenvalue weighted by molar-refractivity contribution is -0.204. The van der Waals surface area contributed by atoms with Crippen LogP contribution in [0.3, 0.4) is 0 Å². The van der Waals surface area contributed by atoms with E-state index in [0.717, 1.165) is 11.3 Å². The van der Waals surface area contributed by atoms with Gasteiger partial charge in [0.2, 0.25) is 0 Å². The molecule has 0 radical (unpaired) electrons. The summed E-state index contributed by atoms with van der Waals surface area (Å²) in [5, 5.41) is 30.6. The van der Waals surface area contributed by atoms with Crippen LogP contribution in [0.25, 0.3) is 6.08 Å². The summed E-state index contributed by atoms with van der Waals surface area (Å²) in [5.74, 6) is -3.51. The third kappa shape index (κ3) is 4.33. The van der Waals surface area contributed by atoms with Crippen molar-refractivity contribution in [1.82, 2.24) is 0 Å². The summed E-state index contributed by atoms with van der Waals surface area (Å²) in [6.07, 6.45) is 3.21. The molecule has 0 spiro atoms. The summed E-state index contributed by atoms with van der Waals surface area (Å²) < 4.78 is 5.38. The maximum absolute atomic E-state index is 12.2. The molecule has 0 amide bonds. The number of ether oxygens (including phenoxy) is 1. The average Bonchev–Trinajstić information content (AvgIpc) is 2.58. The van der Waals surface area contributed by atoms with E-state index in [1.165, 1.54) is 13.8 Å². The van der Waals surface area contributed by atoms with Crippen molar-refractivity contribution < 1.29 is 29.6 Å². The Balaban J connectivity index is 3.26. The fraction of sp³-hybridized carbons (Fsp3) is 0.524. The van der Waals surface area contributed by atoms with Gasteiger partial charge in [-0.25, -0.2) is 4.79 Å². The molecule has 0 aliphatic heterocycles. The normalized spacial score (nSPS) is 16.3. The van der Waals surface area contributed by atoms with Crippen molar-refractivity contribution >= 4 is 18.0 Å². The van der Waals surface area contributed by atoms with E-state index in [2.05, 4.69) is 0 Å². The largest absolute Gasteiger partial charge is 0.494 e. The SMILES string of the molecule is CCOc1ccc(/C=C/C[C@@](C(=O)O)(C(C)C)[C@](O)(C(=O)O)C(C)C)cc1. The van der Waals surface area contributed by atoms with Crippen LogP contribution in [0.5, 0.6) is 5.75 Å². The van der Waals surface area contributed by atoms with Gasteiger partial charge in [0.25, 0.3) is 0 Å². The van der Waals surface area contributed by atoms with Crippen molar-refractivity contribution in [2.45, 2.75) is 46.6 Å². The standard InChI is InChI=1S/C21H30O6/c1-6-27-17-11-9-16(10-12-17)8-7-13-20(14(2)3,18(22)23)21(26,15(4)5)19(24)25/h7-12,14-15,26H,6,13H2,1-5H3,(H,22,23)(H,24,25)/b8-7+/t20-,21+/m0/s1. The van der Waals surface area contributed by atoms with Gasteiger partial charge in [0.15, 0.2) is 5.60 Å². The van der Waals surface area contributed by atoms with E-state index >= 15 is 0 Å². The maximum atomic E-state index is 12.2. The van der Waals surface area contributed by atoms with Crippen LogP contribution >= 0.6 is 0 Å². The Hall–Kier alpha value is -2.34. The summed E-state index contributed by atoms with van der Waals surface area (Å²) in [6.45, 7) is 8.73. The van der Waals surface area contributed by atoms with E-state index in [9.17, 15) is 24.9 Å². The molecule has 0 fully saturated rings. The molecule has 0 unspecified atom stereocenters. The molecule has 0 aliphatic carbocycles. The minimum absolute atomic E-state index is 0.117. The number of benzene rings is 1. The lowest BCUT2D eigenvalue weighted by Gasteiger charge is -2.46. The quantitative estimate of drug-likeness (QED) is 0.574. The van der Waals surface area contributed by atoms with Crippen molar-refractivity contribution in [1.29, 1.82) is 0 Å². The maximum Gasteiger partial charge on any atom is 0.337 e. The zero-order valence-electron chi connectivity index (χ0n) is 16.6. The number of aliphatic hydroxyl groups is 1. The molecule has 0 aliphatic rings. The minimum Gasteiger partial charge on any atom is -0.494 e. The predicted octanol–water partition coefficient (Wildman–Crippen LogP) is 3.69. The Kier molecular flexibility index (Phi) is 7.60. The number of carboxylic acid groups (broad SMARTS) is 2. The second kappa shape index (κ2) is 9.04. The number of hydrogen-bond acceptors (Lipinski definition) is 4. The summed E-state index contributed by atoms with van der Waals surface area (Å²) >= 11 is 0. The molecule has 6 heteroatoms. The van der Waals surface area contributed by atoms with Gasteiger partial charge in [0.1, 0.15) is 11.2 Å². The van der Waals surface area contributed by atoms with Crippen LogP contribution in [0.4, 0.5) is 0 Å². The molecule has 1 aromatic rings. The molecule has 2 atom stereocenters. The fourth-order valence-electron chi connectivity index (χ4n) is 3.50. The minimum atomic E-state index is -2.41. The first-order valence-corrected chi connectivity index (χ1v) is 9.12. The van der Waals surface area contributed by atoms with Gasteiger partial charge in [-0.15, -0.1) is 0 Å². The third-order valence-corrected chi connectivity index (χ3v) is 5.15. The molecule has 6 nitrogen and oxygen atoms in total. The van der Waals surface area contributed by atoms with Crippen LogP contribution in [-0.2, 0) is 9.59 Å². The summed E-state index contributed by atoms with van der Waals surface area (Å²) in [6, 6.07) is 7.26. The predicted molar refractivity (Wildman–Crippen MR) is 104 cm³/mol. The van der Waals surface area contributed by atoms with Gasteiger partial charge in [-0.1, -0.05) is 52.0 Å². The smallest absolute Gasteiger partial charge is 0.337 e. The highest BCUT2D eigenvalue weighted by atomic mass is 16.5. The Morgan fingerprint density at radius 2 is 1.59 bits per heavy atom. The first-order chi connectivity index (χ1) is 12.5. The number of hydrogen-bond donors (Lipinski definition) is 3. The zero-order chi connectivity index (χ0) is 20.8. The van der Waals surface area contributed by atoms with Gasteiger partial charge in [0, 0.05) is 0 Å². The second-order valence-electron chi connectivity index (χ2n) is 7.27. The number of rotatable bonds is 10. The number of aliphatic carboxylic acids is 2.